The summed E-state index contributed by atoms with van der Waals surface area (Å²) in [4.78, 5) is 20.8. The molecular formula is C29H35N5O3. The summed E-state index contributed by atoms with van der Waals surface area (Å²) in [5.41, 5.74) is 4.38. The first-order valence-electron chi connectivity index (χ1n) is 12.9. The number of allylic oxidation sites excluding steroid dienone is 2. The maximum absolute atomic E-state index is 13.6. The summed E-state index contributed by atoms with van der Waals surface area (Å²) in [7, 11) is 3.23. The fourth-order valence-electron chi connectivity index (χ4n) is 5.56. The van der Waals surface area contributed by atoms with Crippen molar-refractivity contribution in [3.63, 3.8) is 0 Å². The maximum atomic E-state index is 13.6. The summed E-state index contributed by atoms with van der Waals surface area (Å²) in [5, 5.41) is 8.39. The van der Waals surface area contributed by atoms with Crippen molar-refractivity contribution >= 4 is 17.4 Å². The van der Waals surface area contributed by atoms with E-state index in [4.69, 9.17) is 19.6 Å². The zero-order valence-electron chi connectivity index (χ0n) is 22.5. The second-order valence-corrected chi connectivity index (χ2v) is 10.4. The lowest BCUT2D eigenvalue weighted by Crippen LogP contribution is -2.36. The van der Waals surface area contributed by atoms with E-state index in [9.17, 15) is 4.79 Å². The third kappa shape index (κ3) is 4.34. The van der Waals surface area contributed by atoms with Gasteiger partial charge in [0.05, 0.1) is 14.2 Å². The molecule has 0 amide bonds. The molecule has 2 aliphatic rings. The monoisotopic (exact) mass is 501 g/mol. The van der Waals surface area contributed by atoms with E-state index >= 15 is 0 Å². The third-order valence-corrected chi connectivity index (χ3v) is 7.31. The molecule has 5 rings (SSSR count). The predicted octanol–water partition coefficient (Wildman–Crippen LogP) is 5.47. The van der Waals surface area contributed by atoms with Crippen LogP contribution in [0.3, 0.4) is 0 Å². The molecule has 0 radical (unpaired) electrons. The molecule has 0 spiro atoms. The minimum atomic E-state index is -0.476. The van der Waals surface area contributed by atoms with Crippen LogP contribution in [0.4, 0.5) is 11.6 Å². The number of carbonyl (C=O) groups is 1. The van der Waals surface area contributed by atoms with Gasteiger partial charge < -0.3 is 19.7 Å². The van der Waals surface area contributed by atoms with Crippen molar-refractivity contribution in [2.24, 2.45) is 5.41 Å². The van der Waals surface area contributed by atoms with Gasteiger partial charge in [-0.1, -0.05) is 26.0 Å². The topological polar surface area (TPSA) is 81.5 Å². The molecule has 0 bridgehead atoms. The van der Waals surface area contributed by atoms with E-state index in [0.717, 1.165) is 36.3 Å². The molecule has 3 aromatic rings. The molecular weight excluding hydrogens is 466 g/mol. The fourth-order valence-corrected chi connectivity index (χ4v) is 5.56. The lowest BCUT2D eigenvalue weighted by Gasteiger charge is -2.38. The van der Waals surface area contributed by atoms with Crippen molar-refractivity contribution in [3.05, 3.63) is 59.3 Å². The minimum absolute atomic E-state index is 0.111. The zero-order valence-corrected chi connectivity index (χ0v) is 22.5. The molecule has 0 fully saturated rings. The summed E-state index contributed by atoms with van der Waals surface area (Å²) in [6, 6.07) is 13.6. The Balaban J connectivity index is 1.64. The first-order valence-corrected chi connectivity index (χ1v) is 12.9. The Morgan fingerprint density at radius 1 is 1.05 bits per heavy atom. The molecule has 0 saturated heterocycles. The highest BCUT2D eigenvalue weighted by atomic mass is 16.5. The second-order valence-electron chi connectivity index (χ2n) is 10.4. The number of aromatic nitrogens is 3. The summed E-state index contributed by atoms with van der Waals surface area (Å²) in [6.07, 6.45) is 1.22. The molecule has 1 aliphatic carbocycles. The Bertz CT molecular complexity index is 1350. The molecule has 37 heavy (non-hydrogen) atoms. The van der Waals surface area contributed by atoms with Crippen LogP contribution >= 0.6 is 0 Å². The Morgan fingerprint density at radius 2 is 1.78 bits per heavy atom. The van der Waals surface area contributed by atoms with Crippen LogP contribution in [0.2, 0.25) is 0 Å². The lowest BCUT2D eigenvalue weighted by atomic mass is 9.73. The number of anilines is 2. The molecule has 8 heteroatoms. The number of para-hydroxylation sites is 1. The maximum Gasteiger partial charge on any atom is 0.226 e. The van der Waals surface area contributed by atoms with Crippen LogP contribution < -0.4 is 19.7 Å². The summed E-state index contributed by atoms with van der Waals surface area (Å²) in [6.45, 7) is 10.4. The number of ether oxygens (including phenoxy) is 2. The van der Waals surface area contributed by atoms with E-state index in [1.54, 1.807) is 14.2 Å². The van der Waals surface area contributed by atoms with E-state index in [1.165, 1.54) is 5.69 Å². The molecule has 2 aromatic carbocycles. The number of ketones is 1. The van der Waals surface area contributed by atoms with E-state index in [0.29, 0.717) is 35.3 Å². The van der Waals surface area contributed by atoms with Crippen LogP contribution in [0, 0.1) is 5.41 Å². The molecule has 1 aromatic heterocycles. The van der Waals surface area contributed by atoms with Crippen molar-refractivity contribution < 1.29 is 14.3 Å². The normalized spacial score (nSPS) is 18.1. The van der Waals surface area contributed by atoms with Gasteiger partial charge in [-0.05, 0) is 56.0 Å². The van der Waals surface area contributed by atoms with Gasteiger partial charge in [0.25, 0.3) is 0 Å². The van der Waals surface area contributed by atoms with Crippen LogP contribution in [0.5, 0.6) is 11.5 Å². The molecule has 1 unspecified atom stereocenters. The lowest BCUT2D eigenvalue weighted by molar-refractivity contribution is -0.118. The van der Waals surface area contributed by atoms with Crippen LogP contribution in [-0.2, 0) is 4.79 Å². The Labute approximate surface area is 218 Å². The number of fused-ring (bicyclic) bond motifs is 1. The number of Topliss-reactive ketones (excluding diaryl/α,β-unsaturated/α-hetero) is 1. The van der Waals surface area contributed by atoms with E-state index < -0.39 is 6.04 Å². The fraction of sp³-hybridized carbons (Fsp3) is 0.414. The number of methoxy groups -OCH3 is 2. The van der Waals surface area contributed by atoms with Gasteiger partial charge in [0, 0.05) is 47.6 Å². The summed E-state index contributed by atoms with van der Waals surface area (Å²) in [5.74, 6) is 2.53. The number of benzene rings is 2. The van der Waals surface area contributed by atoms with Gasteiger partial charge in [0.1, 0.15) is 6.04 Å². The molecule has 0 saturated carbocycles. The van der Waals surface area contributed by atoms with E-state index in [2.05, 4.69) is 62.2 Å². The predicted molar refractivity (Wildman–Crippen MR) is 145 cm³/mol. The first-order chi connectivity index (χ1) is 17.8. The highest BCUT2D eigenvalue weighted by molar-refractivity contribution is 6.00. The van der Waals surface area contributed by atoms with Gasteiger partial charge in [0.2, 0.25) is 5.95 Å². The number of nitrogens with zero attached hydrogens (tertiary/aromatic N) is 4. The summed E-state index contributed by atoms with van der Waals surface area (Å²) >= 11 is 0. The molecule has 8 nitrogen and oxygen atoms in total. The van der Waals surface area contributed by atoms with E-state index in [-0.39, 0.29) is 11.2 Å². The quantitative estimate of drug-likeness (QED) is 0.460. The SMILES string of the molecule is CCN(CC)c1ccc(-c2nc3n(n2)C(c2cccc(OC)c2OC)C2=C(CC(C)(C)CC2=O)N3)cc1. The Hall–Kier alpha value is -3.81. The van der Waals surface area contributed by atoms with Gasteiger partial charge in [0.15, 0.2) is 23.1 Å². The average molecular weight is 502 g/mol. The highest BCUT2D eigenvalue weighted by Crippen LogP contribution is 2.48. The van der Waals surface area contributed by atoms with Crippen molar-refractivity contribution in [3.8, 4) is 22.9 Å². The number of nitrogens with one attached hydrogen (secondary N) is 1. The number of rotatable bonds is 7. The minimum Gasteiger partial charge on any atom is -0.493 e. The van der Waals surface area contributed by atoms with Crippen molar-refractivity contribution in [2.75, 3.05) is 37.5 Å². The smallest absolute Gasteiger partial charge is 0.226 e. The third-order valence-electron chi connectivity index (χ3n) is 7.31. The van der Waals surface area contributed by atoms with Gasteiger partial charge >= 0.3 is 0 Å². The largest absolute Gasteiger partial charge is 0.493 e. The standard InChI is InChI=1S/C29H35N5O3/c1-7-33(8-2)19-14-12-18(13-15-19)27-31-28-30-21-16-29(3,4)17-22(35)24(21)25(34(28)32-27)20-10-9-11-23(36-5)26(20)37-6/h9-15,25H,7-8,16-17H2,1-6H3,(H,30,31,32). The number of hydrogen-bond acceptors (Lipinski definition) is 7. The number of carbonyl (C=O) groups excluding carboxylic acids is 1. The Morgan fingerprint density at radius 3 is 2.43 bits per heavy atom. The summed E-state index contributed by atoms with van der Waals surface area (Å²) < 4.78 is 13.2. The zero-order chi connectivity index (χ0) is 26.3. The van der Waals surface area contributed by atoms with Crippen LogP contribution in [0.1, 0.15) is 52.1 Å². The second kappa shape index (κ2) is 9.57. The van der Waals surface area contributed by atoms with Crippen molar-refractivity contribution in [2.45, 2.75) is 46.6 Å². The number of hydrogen-bond donors (Lipinski definition) is 1. The molecule has 1 aliphatic heterocycles. The Kier molecular flexibility index (Phi) is 6.43. The van der Waals surface area contributed by atoms with E-state index in [1.807, 2.05) is 22.9 Å². The van der Waals surface area contributed by atoms with Crippen LogP contribution in [0.15, 0.2) is 53.7 Å². The van der Waals surface area contributed by atoms with Gasteiger partial charge in [-0.2, -0.15) is 4.98 Å². The van der Waals surface area contributed by atoms with Gasteiger partial charge in [-0.3, -0.25) is 4.79 Å². The molecule has 2 heterocycles. The van der Waals surface area contributed by atoms with Crippen LogP contribution in [-0.4, -0.2) is 47.9 Å². The van der Waals surface area contributed by atoms with Crippen molar-refractivity contribution in [1.29, 1.82) is 0 Å². The molecule has 1 N–H and O–H groups in total. The van der Waals surface area contributed by atoms with Crippen molar-refractivity contribution in [1.82, 2.24) is 14.8 Å². The van der Waals surface area contributed by atoms with Crippen LogP contribution in [0.25, 0.3) is 11.4 Å². The molecule has 1 atom stereocenters. The molecule has 194 valence electrons. The van der Waals surface area contributed by atoms with Gasteiger partial charge in [-0.15, -0.1) is 5.10 Å². The van der Waals surface area contributed by atoms with Gasteiger partial charge in [-0.25, -0.2) is 4.68 Å². The first kappa shape index (κ1) is 24.9. The average Bonchev–Trinajstić information content (AvgIpc) is 3.31. The highest BCUT2D eigenvalue weighted by Gasteiger charge is 2.43.